The van der Waals surface area contributed by atoms with Crippen LogP contribution in [0.4, 0.5) is 5.69 Å². The van der Waals surface area contributed by atoms with Crippen molar-refractivity contribution < 1.29 is 9.47 Å². The van der Waals surface area contributed by atoms with Crippen LogP contribution in [-0.4, -0.2) is 54.2 Å². The van der Waals surface area contributed by atoms with Gasteiger partial charge in [-0.2, -0.15) is 0 Å². The topological polar surface area (TPSA) is 51.9 Å². The minimum absolute atomic E-state index is 0.127. The van der Waals surface area contributed by atoms with Crippen molar-refractivity contribution in [1.29, 1.82) is 0 Å². The first-order valence-corrected chi connectivity index (χ1v) is 11.2. The highest BCUT2D eigenvalue weighted by Gasteiger charge is 2.25. The number of hydrogen-bond acceptors (Lipinski definition) is 5. The Morgan fingerprint density at radius 3 is 2.41 bits per heavy atom. The van der Waals surface area contributed by atoms with Gasteiger partial charge in [0.05, 0.1) is 30.8 Å². The van der Waals surface area contributed by atoms with Gasteiger partial charge in [-0.05, 0) is 37.3 Å². The van der Waals surface area contributed by atoms with E-state index < -0.39 is 0 Å². The predicted octanol–water partition coefficient (Wildman–Crippen LogP) is 3.56. The van der Waals surface area contributed by atoms with Crippen LogP contribution in [0.1, 0.15) is 12.6 Å². The summed E-state index contributed by atoms with van der Waals surface area (Å²) in [5.41, 5.74) is 2.59. The molecule has 32 heavy (non-hydrogen) atoms. The summed E-state index contributed by atoms with van der Waals surface area (Å²) in [7, 11) is 3.59. The molecule has 0 unspecified atom stereocenters. The highest BCUT2D eigenvalue weighted by molar-refractivity contribution is 6.30. The second-order valence-electron chi connectivity index (χ2n) is 7.76. The molecule has 3 aromatic rings. The maximum atomic E-state index is 13.1. The van der Waals surface area contributed by atoms with Gasteiger partial charge < -0.3 is 14.4 Å². The molecule has 0 amide bonds. The Hall–Kier alpha value is -2.90. The van der Waals surface area contributed by atoms with E-state index in [1.807, 2.05) is 67.2 Å². The molecule has 2 aromatic carbocycles. The number of para-hydroxylation sites is 1. The molecule has 1 saturated heterocycles. The summed E-state index contributed by atoms with van der Waals surface area (Å²) in [6, 6.07) is 15.4. The van der Waals surface area contributed by atoms with E-state index in [9.17, 15) is 4.79 Å². The second kappa shape index (κ2) is 9.71. The van der Waals surface area contributed by atoms with Crippen LogP contribution in [0.2, 0.25) is 5.02 Å². The lowest BCUT2D eigenvalue weighted by Gasteiger charge is -2.36. The van der Waals surface area contributed by atoms with Gasteiger partial charge in [-0.1, -0.05) is 29.8 Å². The van der Waals surface area contributed by atoms with Crippen LogP contribution >= 0.6 is 11.6 Å². The largest absolute Gasteiger partial charge is 0.495 e. The Kier molecular flexibility index (Phi) is 6.77. The fourth-order valence-electron chi connectivity index (χ4n) is 4.22. The zero-order valence-electron chi connectivity index (χ0n) is 18.8. The Labute approximate surface area is 193 Å². The third-order valence-electron chi connectivity index (χ3n) is 5.86. The van der Waals surface area contributed by atoms with Crippen LogP contribution in [0.15, 0.2) is 53.3 Å². The summed E-state index contributed by atoms with van der Waals surface area (Å²) in [4.78, 5) is 17.8. The van der Waals surface area contributed by atoms with Crippen molar-refractivity contribution in [3.05, 3.63) is 69.6 Å². The van der Waals surface area contributed by atoms with Gasteiger partial charge in [-0.3, -0.25) is 14.4 Å². The molecule has 0 spiro atoms. The number of ether oxygens (including phenoxy) is 2. The third kappa shape index (κ3) is 4.36. The lowest BCUT2D eigenvalue weighted by atomic mass is 10.2. The van der Waals surface area contributed by atoms with E-state index in [4.69, 9.17) is 21.1 Å². The van der Waals surface area contributed by atoms with E-state index in [2.05, 4.69) is 9.80 Å². The summed E-state index contributed by atoms with van der Waals surface area (Å²) in [5.74, 6) is 1.25. The predicted molar refractivity (Wildman–Crippen MR) is 128 cm³/mol. The Bertz CT molecular complexity index is 1120. The number of methoxy groups -OCH3 is 1. The summed E-state index contributed by atoms with van der Waals surface area (Å²) >= 11 is 6.22. The highest BCUT2D eigenvalue weighted by Crippen LogP contribution is 2.32. The zero-order chi connectivity index (χ0) is 22.7. The average Bonchev–Trinajstić information content (AvgIpc) is 3.04. The van der Waals surface area contributed by atoms with Gasteiger partial charge in [-0.25, -0.2) is 4.68 Å². The fourth-order valence-corrected chi connectivity index (χ4v) is 4.38. The third-order valence-corrected chi connectivity index (χ3v) is 6.09. The van der Waals surface area contributed by atoms with Gasteiger partial charge in [0, 0.05) is 44.8 Å². The molecule has 170 valence electrons. The maximum Gasteiger partial charge on any atom is 0.314 e. The van der Waals surface area contributed by atoms with E-state index >= 15 is 0 Å². The maximum absolute atomic E-state index is 13.1. The molecule has 1 fully saturated rings. The van der Waals surface area contributed by atoms with Crippen LogP contribution in [0.3, 0.4) is 0 Å². The minimum atomic E-state index is -0.127. The summed E-state index contributed by atoms with van der Waals surface area (Å²) < 4.78 is 14.9. The molecule has 7 nitrogen and oxygen atoms in total. The average molecular weight is 457 g/mol. The van der Waals surface area contributed by atoms with Crippen LogP contribution in [0.5, 0.6) is 11.5 Å². The number of piperazine rings is 1. The molecule has 4 rings (SSSR count). The number of halogens is 1. The van der Waals surface area contributed by atoms with Gasteiger partial charge in [0.2, 0.25) is 5.75 Å². The van der Waals surface area contributed by atoms with Gasteiger partial charge in [-0.15, -0.1) is 0 Å². The van der Waals surface area contributed by atoms with E-state index in [-0.39, 0.29) is 5.56 Å². The van der Waals surface area contributed by atoms with Crippen LogP contribution in [0, 0.1) is 0 Å². The number of nitrogens with zero attached hydrogens (tertiary/aromatic N) is 4. The van der Waals surface area contributed by atoms with Gasteiger partial charge in [0.15, 0.2) is 0 Å². The first kappa shape index (κ1) is 22.3. The number of rotatable bonds is 7. The van der Waals surface area contributed by atoms with E-state index in [1.165, 1.54) is 0 Å². The lowest BCUT2D eigenvalue weighted by Crippen LogP contribution is -2.46. The van der Waals surface area contributed by atoms with Crippen molar-refractivity contribution in [2.45, 2.75) is 13.5 Å². The summed E-state index contributed by atoms with van der Waals surface area (Å²) in [5, 5.41) is 0.696. The molecular formula is C24H29ClN4O3. The molecule has 0 atom stereocenters. The molecule has 8 heteroatoms. The molecule has 0 bridgehead atoms. The van der Waals surface area contributed by atoms with Gasteiger partial charge in [0.25, 0.3) is 0 Å². The Morgan fingerprint density at radius 2 is 1.75 bits per heavy atom. The van der Waals surface area contributed by atoms with Crippen molar-refractivity contribution in [3.63, 3.8) is 0 Å². The molecule has 2 heterocycles. The molecule has 0 radical (unpaired) electrons. The minimum Gasteiger partial charge on any atom is -0.495 e. The van der Waals surface area contributed by atoms with Crippen molar-refractivity contribution >= 4 is 17.3 Å². The van der Waals surface area contributed by atoms with Gasteiger partial charge in [0.1, 0.15) is 5.75 Å². The van der Waals surface area contributed by atoms with Crippen LogP contribution in [-0.2, 0) is 13.6 Å². The molecule has 1 aliphatic rings. The second-order valence-corrected chi connectivity index (χ2v) is 8.20. The highest BCUT2D eigenvalue weighted by atomic mass is 35.5. The van der Waals surface area contributed by atoms with Crippen molar-refractivity contribution in [2.75, 3.05) is 44.8 Å². The molecular weight excluding hydrogens is 428 g/mol. The zero-order valence-corrected chi connectivity index (χ0v) is 19.5. The normalized spacial score (nSPS) is 14.6. The Morgan fingerprint density at radius 1 is 1.03 bits per heavy atom. The summed E-state index contributed by atoms with van der Waals surface area (Å²) in [6.07, 6.45) is 0. The quantitative estimate of drug-likeness (QED) is 0.544. The lowest BCUT2D eigenvalue weighted by molar-refractivity contribution is 0.236. The first-order valence-electron chi connectivity index (χ1n) is 10.8. The summed E-state index contributed by atoms with van der Waals surface area (Å²) in [6.45, 7) is 6.38. The van der Waals surface area contributed by atoms with Crippen LogP contribution < -0.4 is 19.9 Å². The molecule has 0 saturated carbocycles. The van der Waals surface area contributed by atoms with E-state index in [0.29, 0.717) is 23.9 Å². The molecule has 1 aliphatic heterocycles. The monoisotopic (exact) mass is 456 g/mol. The Balaban J connectivity index is 1.54. The SMILES string of the molecule is CCOc1c(CN2CCN(c3cc(Cl)ccc3OC)CC2)n(C)n(-c2ccccc2)c1=O. The number of aromatic nitrogens is 2. The number of benzene rings is 2. The van der Waals surface area contributed by atoms with Crippen LogP contribution in [0.25, 0.3) is 5.69 Å². The van der Waals surface area contributed by atoms with Crippen molar-refractivity contribution in [2.24, 2.45) is 7.05 Å². The molecule has 0 N–H and O–H groups in total. The molecule has 1 aromatic heterocycles. The standard InChI is InChI=1S/C24H29ClN4O3/c1-4-32-23-21(26(2)29(24(23)30)19-8-6-5-7-9-19)17-27-12-14-28(15-13-27)20-16-18(25)10-11-22(20)31-3/h5-11,16H,4,12-15,17H2,1-3H3. The van der Waals surface area contributed by atoms with Crippen molar-refractivity contribution in [1.82, 2.24) is 14.3 Å². The number of anilines is 1. The fraction of sp³-hybridized carbons (Fsp3) is 0.375. The number of hydrogen-bond donors (Lipinski definition) is 0. The van der Waals surface area contributed by atoms with Crippen molar-refractivity contribution in [3.8, 4) is 17.2 Å². The first-order chi connectivity index (χ1) is 15.5. The molecule has 0 aliphatic carbocycles. The van der Waals surface area contributed by atoms with Gasteiger partial charge >= 0.3 is 5.56 Å². The van der Waals surface area contributed by atoms with E-state index in [0.717, 1.165) is 49.0 Å². The smallest absolute Gasteiger partial charge is 0.314 e. The van der Waals surface area contributed by atoms with E-state index in [1.54, 1.807) is 11.8 Å².